The molecule has 0 spiro atoms. The summed E-state index contributed by atoms with van der Waals surface area (Å²) in [5.41, 5.74) is 1.49. The highest BCUT2D eigenvalue weighted by atomic mass is 32.2. The van der Waals surface area contributed by atoms with E-state index >= 15 is 0 Å². The minimum absolute atomic E-state index is 0.668. The number of hydrogen-bond donors (Lipinski definition) is 1. The summed E-state index contributed by atoms with van der Waals surface area (Å²) in [4.78, 5) is 0. The van der Waals surface area contributed by atoms with E-state index < -0.39 is 0 Å². The fraction of sp³-hybridized carbons (Fsp3) is 0.667. The van der Waals surface area contributed by atoms with E-state index in [1.54, 1.807) is 0 Å². The fourth-order valence-corrected chi connectivity index (χ4v) is 3.09. The Morgan fingerprint density at radius 2 is 1.80 bits per heavy atom. The van der Waals surface area contributed by atoms with E-state index in [0.29, 0.717) is 5.92 Å². The quantitative estimate of drug-likeness (QED) is 0.580. The van der Waals surface area contributed by atoms with E-state index in [2.05, 4.69) is 68.2 Å². The number of thioether (sulfide) groups is 1. The summed E-state index contributed by atoms with van der Waals surface area (Å²) in [6.07, 6.45) is 4.00. The van der Waals surface area contributed by atoms with E-state index in [9.17, 15) is 0 Å². The van der Waals surface area contributed by atoms with Crippen LogP contribution in [0.3, 0.4) is 0 Å². The molecule has 1 unspecified atom stereocenters. The lowest BCUT2D eigenvalue weighted by molar-refractivity contribution is 0.491. The highest BCUT2D eigenvalue weighted by Gasteiger charge is 2.10. The van der Waals surface area contributed by atoms with Crippen molar-refractivity contribution in [1.29, 1.82) is 0 Å². The van der Waals surface area contributed by atoms with Gasteiger partial charge < -0.3 is 5.32 Å². The Kier molecular flexibility index (Phi) is 9.86. The van der Waals surface area contributed by atoms with Gasteiger partial charge in [0.1, 0.15) is 0 Å². The van der Waals surface area contributed by atoms with Crippen LogP contribution in [0, 0.1) is 5.92 Å². The average Bonchev–Trinajstić information content (AvgIpc) is 2.46. The highest BCUT2D eigenvalue weighted by molar-refractivity contribution is 7.99. The number of unbranched alkanes of at least 4 members (excludes halogenated alkanes) is 1. The highest BCUT2D eigenvalue weighted by Crippen LogP contribution is 2.22. The van der Waals surface area contributed by atoms with Gasteiger partial charge in [-0.15, -0.1) is 0 Å². The first-order valence-corrected chi connectivity index (χ1v) is 9.23. The maximum absolute atomic E-state index is 3.63. The molecule has 0 saturated carbocycles. The molecule has 0 amide bonds. The molecule has 0 aliphatic heterocycles. The first kappa shape index (κ1) is 17.6. The lowest BCUT2D eigenvalue weighted by Crippen LogP contribution is -2.25. The lowest BCUT2D eigenvalue weighted by Gasteiger charge is -2.19. The molecule has 0 aromatic heterocycles. The van der Waals surface area contributed by atoms with E-state index in [4.69, 9.17) is 0 Å². The zero-order valence-electron chi connectivity index (χ0n) is 13.4. The van der Waals surface area contributed by atoms with Crippen molar-refractivity contribution in [2.75, 3.05) is 24.6 Å². The van der Waals surface area contributed by atoms with Gasteiger partial charge >= 0.3 is 0 Å². The molecule has 1 aromatic carbocycles. The van der Waals surface area contributed by atoms with Gasteiger partial charge in [0.2, 0.25) is 0 Å². The van der Waals surface area contributed by atoms with Crippen LogP contribution in [-0.2, 0) is 0 Å². The summed E-state index contributed by atoms with van der Waals surface area (Å²) in [7, 11) is 0. The molecule has 1 atom stereocenters. The van der Waals surface area contributed by atoms with E-state index in [-0.39, 0.29) is 0 Å². The molecule has 0 radical (unpaired) electrons. The smallest absolute Gasteiger partial charge is 0.00202 e. The molecule has 114 valence electrons. The fourth-order valence-electron chi connectivity index (χ4n) is 2.40. The second-order valence-electron chi connectivity index (χ2n) is 5.85. The molecule has 1 nitrogen and oxygen atoms in total. The van der Waals surface area contributed by atoms with E-state index in [0.717, 1.165) is 19.0 Å². The summed E-state index contributed by atoms with van der Waals surface area (Å²) in [6, 6.07) is 11.0. The average molecular weight is 294 g/mol. The Balaban J connectivity index is 2.39. The standard InChI is InChI=1S/C18H31NS/c1-4-20-13-9-8-12-18(15-19-14-16(2)3)17-10-6-5-7-11-17/h5-7,10-11,16,18-19H,4,8-9,12-15H2,1-3H3. The second kappa shape index (κ2) is 11.2. The molecular formula is C18H31NS. The van der Waals surface area contributed by atoms with Gasteiger partial charge in [0.25, 0.3) is 0 Å². The van der Waals surface area contributed by atoms with Crippen LogP contribution in [0.15, 0.2) is 30.3 Å². The van der Waals surface area contributed by atoms with Gasteiger partial charge in [-0.25, -0.2) is 0 Å². The summed E-state index contributed by atoms with van der Waals surface area (Å²) in [5, 5.41) is 3.63. The predicted octanol–water partition coefficient (Wildman–Crippen LogP) is 4.94. The minimum Gasteiger partial charge on any atom is -0.316 e. The Labute approximate surface area is 129 Å². The number of rotatable bonds is 11. The summed E-state index contributed by atoms with van der Waals surface area (Å²) >= 11 is 2.06. The first-order valence-electron chi connectivity index (χ1n) is 8.07. The normalized spacial score (nSPS) is 12.8. The third kappa shape index (κ3) is 7.96. The molecule has 0 aliphatic carbocycles. The Morgan fingerprint density at radius 1 is 1.05 bits per heavy atom. The molecule has 2 heteroatoms. The molecule has 1 rings (SSSR count). The SMILES string of the molecule is CCSCCCCC(CNCC(C)C)c1ccccc1. The van der Waals surface area contributed by atoms with Crippen molar-refractivity contribution < 1.29 is 0 Å². The molecule has 20 heavy (non-hydrogen) atoms. The number of benzene rings is 1. The van der Waals surface area contributed by atoms with Crippen molar-refractivity contribution in [1.82, 2.24) is 5.32 Å². The zero-order valence-corrected chi connectivity index (χ0v) is 14.2. The van der Waals surface area contributed by atoms with Crippen molar-refractivity contribution in [2.24, 2.45) is 5.92 Å². The third-order valence-corrected chi connectivity index (χ3v) is 4.50. The maximum atomic E-state index is 3.63. The van der Waals surface area contributed by atoms with Crippen molar-refractivity contribution in [3.63, 3.8) is 0 Å². The van der Waals surface area contributed by atoms with Crippen LogP contribution >= 0.6 is 11.8 Å². The zero-order chi connectivity index (χ0) is 14.6. The largest absolute Gasteiger partial charge is 0.316 e. The molecule has 0 saturated heterocycles. The van der Waals surface area contributed by atoms with Crippen LogP contribution in [0.25, 0.3) is 0 Å². The topological polar surface area (TPSA) is 12.0 Å². The minimum atomic E-state index is 0.668. The molecule has 1 N–H and O–H groups in total. The Bertz CT molecular complexity index is 323. The van der Waals surface area contributed by atoms with E-state index in [1.807, 2.05) is 0 Å². The van der Waals surface area contributed by atoms with Crippen LogP contribution < -0.4 is 5.32 Å². The molecule has 0 aliphatic rings. The van der Waals surface area contributed by atoms with Crippen molar-refractivity contribution in [3.8, 4) is 0 Å². The van der Waals surface area contributed by atoms with Gasteiger partial charge in [0.05, 0.1) is 0 Å². The summed E-state index contributed by atoms with van der Waals surface area (Å²) in [5.74, 6) is 3.96. The summed E-state index contributed by atoms with van der Waals surface area (Å²) in [6.45, 7) is 9.02. The molecular weight excluding hydrogens is 262 g/mol. The molecule has 0 bridgehead atoms. The number of nitrogens with one attached hydrogen (secondary N) is 1. The third-order valence-electron chi connectivity index (χ3n) is 3.51. The van der Waals surface area contributed by atoms with Crippen LogP contribution in [0.4, 0.5) is 0 Å². The van der Waals surface area contributed by atoms with Crippen LogP contribution in [0.2, 0.25) is 0 Å². The maximum Gasteiger partial charge on any atom is 0.00202 e. The Hall–Kier alpha value is -0.470. The Morgan fingerprint density at radius 3 is 2.45 bits per heavy atom. The monoisotopic (exact) mass is 293 g/mol. The van der Waals surface area contributed by atoms with Crippen LogP contribution in [-0.4, -0.2) is 24.6 Å². The predicted molar refractivity (Wildman–Crippen MR) is 93.7 cm³/mol. The van der Waals surface area contributed by atoms with Gasteiger partial charge in [-0.2, -0.15) is 11.8 Å². The first-order chi connectivity index (χ1) is 9.74. The van der Waals surface area contributed by atoms with Gasteiger partial charge in [-0.05, 0) is 48.3 Å². The van der Waals surface area contributed by atoms with Gasteiger partial charge in [-0.3, -0.25) is 0 Å². The number of hydrogen-bond acceptors (Lipinski definition) is 2. The van der Waals surface area contributed by atoms with Crippen molar-refractivity contribution >= 4 is 11.8 Å². The van der Waals surface area contributed by atoms with Gasteiger partial charge in [0.15, 0.2) is 0 Å². The van der Waals surface area contributed by atoms with Crippen molar-refractivity contribution in [2.45, 2.75) is 46.0 Å². The summed E-state index contributed by atoms with van der Waals surface area (Å²) < 4.78 is 0. The second-order valence-corrected chi connectivity index (χ2v) is 7.25. The van der Waals surface area contributed by atoms with Crippen LogP contribution in [0.5, 0.6) is 0 Å². The van der Waals surface area contributed by atoms with Gasteiger partial charge in [0, 0.05) is 6.54 Å². The molecule has 0 heterocycles. The lowest BCUT2D eigenvalue weighted by atomic mass is 9.93. The van der Waals surface area contributed by atoms with Crippen molar-refractivity contribution in [3.05, 3.63) is 35.9 Å². The van der Waals surface area contributed by atoms with Gasteiger partial charge in [-0.1, -0.05) is 57.5 Å². The molecule has 0 fully saturated rings. The van der Waals surface area contributed by atoms with Crippen LogP contribution in [0.1, 0.15) is 51.5 Å². The molecule has 1 aromatic rings. The van der Waals surface area contributed by atoms with E-state index in [1.165, 1.54) is 36.3 Å².